The minimum absolute atomic E-state index is 0.0739. The van der Waals surface area contributed by atoms with Crippen molar-refractivity contribution in [1.29, 1.82) is 0 Å². The van der Waals surface area contributed by atoms with Crippen molar-refractivity contribution in [2.24, 2.45) is 10.8 Å². The predicted octanol–water partition coefficient (Wildman–Crippen LogP) is 4.59. The Hall–Kier alpha value is -2.47. The van der Waals surface area contributed by atoms with E-state index in [1.807, 2.05) is 29.2 Å². The number of hydrogen-bond donors (Lipinski definition) is 0. The van der Waals surface area contributed by atoms with Crippen LogP contribution in [0.25, 0.3) is 10.9 Å². The Kier molecular flexibility index (Phi) is 5.91. The zero-order valence-electron chi connectivity index (χ0n) is 21.0. The molecule has 6 nitrogen and oxygen atoms in total. The van der Waals surface area contributed by atoms with Gasteiger partial charge in [0.1, 0.15) is 0 Å². The largest absolute Gasteiger partial charge is 0.452 e. The number of fused-ring (bicyclic) bond motifs is 4. The molecule has 2 aromatic rings. The van der Waals surface area contributed by atoms with Crippen molar-refractivity contribution in [3.63, 3.8) is 0 Å². The first-order valence-corrected chi connectivity index (χ1v) is 12.8. The Morgan fingerprint density at radius 2 is 1.97 bits per heavy atom. The molecule has 34 heavy (non-hydrogen) atoms. The molecule has 1 amide bonds. The number of pyridine rings is 1. The maximum atomic E-state index is 13.5. The van der Waals surface area contributed by atoms with Gasteiger partial charge in [0.05, 0.1) is 11.1 Å². The number of esters is 1. The molecule has 2 unspecified atom stereocenters. The third kappa shape index (κ3) is 4.10. The lowest BCUT2D eigenvalue weighted by molar-refractivity contribution is -0.140. The van der Waals surface area contributed by atoms with Gasteiger partial charge in [0.25, 0.3) is 5.91 Å². The highest BCUT2D eigenvalue weighted by atomic mass is 16.5. The van der Waals surface area contributed by atoms with Crippen molar-refractivity contribution in [1.82, 2.24) is 14.8 Å². The van der Waals surface area contributed by atoms with Crippen LogP contribution in [0.15, 0.2) is 24.3 Å². The number of rotatable bonds is 5. The van der Waals surface area contributed by atoms with Gasteiger partial charge < -0.3 is 9.64 Å². The number of hydrogen-bond acceptors (Lipinski definition) is 5. The standard InChI is InChI=1S/C28H37N3O3/c1-5-12-30-13-10-22-20(16-30)25(19-8-6-7-9-21(19)29-22)26(33)34-17-24(32)31-14-11-28(4)15-23(31)27(2,3)18-28/h6-9,23H,5,10-18H2,1-4H3. The fraction of sp³-hybridized carbons (Fsp3) is 0.607. The number of ether oxygens (including phenoxy) is 1. The van der Waals surface area contributed by atoms with Gasteiger partial charge in [-0.05, 0) is 49.1 Å². The Balaban J connectivity index is 1.38. The summed E-state index contributed by atoms with van der Waals surface area (Å²) in [6, 6.07) is 7.97. The fourth-order valence-corrected chi connectivity index (χ4v) is 6.87. The van der Waals surface area contributed by atoms with Crippen molar-refractivity contribution in [3.05, 3.63) is 41.1 Å². The number of nitrogens with zero attached hydrogens (tertiary/aromatic N) is 3. The summed E-state index contributed by atoms with van der Waals surface area (Å²) in [7, 11) is 0. The maximum Gasteiger partial charge on any atom is 0.339 e. The smallest absolute Gasteiger partial charge is 0.339 e. The zero-order chi connectivity index (χ0) is 24.1. The van der Waals surface area contributed by atoms with Gasteiger partial charge in [-0.3, -0.25) is 14.7 Å². The lowest BCUT2D eigenvalue weighted by atomic mass is 9.81. The van der Waals surface area contributed by atoms with E-state index in [0.717, 1.165) is 73.9 Å². The second-order valence-electron chi connectivity index (χ2n) is 11.6. The van der Waals surface area contributed by atoms with Crippen molar-refractivity contribution in [3.8, 4) is 0 Å². The summed E-state index contributed by atoms with van der Waals surface area (Å²) in [5.41, 5.74) is 3.75. The number of aromatic nitrogens is 1. The molecule has 1 saturated carbocycles. The summed E-state index contributed by atoms with van der Waals surface area (Å²) in [6.07, 6.45) is 5.08. The van der Waals surface area contributed by atoms with Crippen molar-refractivity contribution in [2.75, 3.05) is 26.2 Å². The van der Waals surface area contributed by atoms with E-state index in [0.29, 0.717) is 17.5 Å². The summed E-state index contributed by atoms with van der Waals surface area (Å²) in [5.74, 6) is -0.482. The molecule has 1 aromatic heterocycles. The predicted molar refractivity (Wildman–Crippen MR) is 133 cm³/mol. The topological polar surface area (TPSA) is 62.7 Å². The van der Waals surface area contributed by atoms with Crippen LogP contribution in [0, 0.1) is 10.8 Å². The molecular formula is C28H37N3O3. The molecule has 182 valence electrons. The van der Waals surface area contributed by atoms with Gasteiger partial charge in [-0.25, -0.2) is 4.79 Å². The number of carbonyl (C=O) groups excluding carboxylic acids is 2. The van der Waals surface area contributed by atoms with Crippen LogP contribution in [-0.2, 0) is 22.5 Å². The van der Waals surface area contributed by atoms with Crippen LogP contribution in [0.4, 0.5) is 0 Å². The molecule has 1 aliphatic carbocycles. The molecule has 2 atom stereocenters. The van der Waals surface area contributed by atoms with Crippen molar-refractivity contribution in [2.45, 2.75) is 72.4 Å². The molecule has 2 aliphatic heterocycles. The number of amides is 1. The van der Waals surface area contributed by atoms with E-state index < -0.39 is 5.97 Å². The van der Waals surface area contributed by atoms with Crippen LogP contribution in [0.3, 0.4) is 0 Å². The van der Waals surface area contributed by atoms with E-state index in [9.17, 15) is 9.59 Å². The van der Waals surface area contributed by atoms with Crippen LogP contribution >= 0.6 is 0 Å². The first kappa shape index (κ1) is 23.3. The number of piperidine rings is 1. The zero-order valence-corrected chi connectivity index (χ0v) is 21.0. The highest BCUT2D eigenvalue weighted by Crippen LogP contribution is 2.55. The molecule has 0 spiro atoms. The van der Waals surface area contributed by atoms with Gasteiger partial charge in [0, 0.05) is 48.7 Å². The highest BCUT2D eigenvalue weighted by Gasteiger charge is 2.53. The third-order valence-electron chi connectivity index (χ3n) is 8.32. The Morgan fingerprint density at radius 3 is 2.76 bits per heavy atom. The van der Waals surface area contributed by atoms with Crippen LogP contribution in [0.5, 0.6) is 0 Å². The fourth-order valence-electron chi connectivity index (χ4n) is 6.87. The van der Waals surface area contributed by atoms with Gasteiger partial charge in [-0.15, -0.1) is 0 Å². The van der Waals surface area contributed by atoms with Crippen molar-refractivity contribution < 1.29 is 14.3 Å². The van der Waals surface area contributed by atoms with Gasteiger partial charge in [0.15, 0.2) is 6.61 Å². The SMILES string of the molecule is CCCN1CCc2nc3ccccc3c(C(=O)OCC(=O)N3CCC4(C)CC3C(C)(C)C4)c2C1. The number of para-hydroxylation sites is 1. The summed E-state index contributed by atoms with van der Waals surface area (Å²) < 4.78 is 5.74. The quantitative estimate of drug-likeness (QED) is 0.607. The van der Waals surface area contributed by atoms with Gasteiger partial charge in [0.2, 0.25) is 0 Å². The number of benzene rings is 1. The van der Waals surface area contributed by atoms with Crippen LogP contribution < -0.4 is 0 Å². The van der Waals surface area contributed by atoms with Gasteiger partial charge in [-0.2, -0.15) is 0 Å². The van der Waals surface area contributed by atoms with Gasteiger partial charge >= 0.3 is 5.97 Å². The molecule has 1 saturated heterocycles. The molecule has 0 radical (unpaired) electrons. The molecule has 3 heterocycles. The van der Waals surface area contributed by atoms with E-state index in [-0.39, 0.29) is 24.0 Å². The summed E-state index contributed by atoms with van der Waals surface area (Å²) in [5, 5.41) is 0.808. The van der Waals surface area contributed by atoms with E-state index in [1.54, 1.807) is 0 Å². The summed E-state index contributed by atoms with van der Waals surface area (Å²) >= 11 is 0. The van der Waals surface area contributed by atoms with E-state index in [4.69, 9.17) is 9.72 Å². The average Bonchev–Trinajstić information content (AvgIpc) is 2.99. The van der Waals surface area contributed by atoms with E-state index >= 15 is 0 Å². The van der Waals surface area contributed by atoms with Crippen molar-refractivity contribution >= 4 is 22.8 Å². The first-order valence-electron chi connectivity index (χ1n) is 12.8. The molecule has 5 rings (SSSR count). The Morgan fingerprint density at radius 1 is 1.18 bits per heavy atom. The highest BCUT2D eigenvalue weighted by molar-refractivity contribution is 6.05. The molecule has 2 bridgehead atoms. The van der Waals surface area contributed by atoms with Crippen LogP contribution in [0.2, 0.25) is 0 Å². The second-order valence-corrected chi connectivity index (χ2v) is 11.6. The molecule has 0 N–H and O–H groups in total. The van der Waals surface area contributed by atoms with E-state index in [1.165, 1.54) is 0 Å². The molecule has 2 fully saturated rings. The third-order valence-corrected chi connectivity index (χ3v) is 8.32. The molecule has 3 aliphatic rings. The minimum atomic E-state index is -0.408. The first-order chi connectivity index (χ1) is 16.2. The monoisotopic (exact) mass is 463 g/mol. The Labute approximate surface area is 202 Å². The minimum Gasteiger partial charge on any atom is -0.452 e. The van der Waals surface area contributed by atoms with Gasteiger partial charge in [-0.1, -0.05) is 45.9 Å². The summed E-state index contributed by atoms with van der Waals surface area (Å²) in [4.78, 5) is 35.9. The van der Waals surface area contributed by atoms with E-state index in [2.05, 4.69) is 32.6 Å². The Bertz CT molecular complexity index is 1130. The lowest BCUT2D eigenvalue weighted by Gasteiger charge is -2.40. The lowest BCUT2D eigenvalue weighted by Crippen LogP contribution is -2.49. The normalized spacial score (nSPS) is 25.9. The summed E-state index contributed by atoms with van der Waals surface area (Å²) in [6.45, 7) is 12.2. The number of carbonyl (C=O) groups is 2. The second kappa shape index (κ2) is 8.63. The van der Waals surface area contributed by atoms with Crippen LogP contribution in [-0.4, -0.2) is 58.9 Å². The maximum absolute atomic E-state index is 13.5. The molecule has 6 heteroatoms. The molecular weight excluding hydrogens is 426 g/mol. The average molecular weight is 464 g/mol. The van der Waals surface area contributed by atoms with Crippen LogP contribution in [0.1, 0.15) is 75.0 Å². The molecule has 1 aromatic carbocycles. The number of likely N-dealkylation sites (tertiary alicyclic amines) is 1.